The van der Waals surface area contributed by atoms with Crippen LogP contribution >= 0.6 is 0 Å². The standard InChI is InChI=1S/C10H22O/c1-6-7-8(2)9(3)10(4)11-5/h8-10H,6-7H2,1-5H3. The maximum atomic E-state index is 5.28. The predicted octanol–water partition coefficient (Wildman–Crippen LogP) is 3.09. The first-order valence-corrected chi connectivity index (χ1v) is 4.66. The van der Waals surface area contributed by atoms with E-state index in [0.29, 0.717) is 12.0 Å². The molecule has 1 nitrogen and oxygen atoms in total. The number of hydrogen-bond acceptors (Lipinski definition) is 1. The Labute approximate surface area is 71.1 Å². The summed E-state index contributed by atoms with van der Waals surface area (Å²) in [6, 6.07) is 0. The SMILES string of the molecule is CCCC(C)C(C)C(C)OC. The molecule has 0 spiro atoms. The second-order valence-corrected chi connectivity index (χ2v) is 3.57. The molecule has 0 N–H and O–H groups in total. The lowest BCUT2D eigenvalue weighted by molar-refractivity contribution is 0.0502. The average Bonchev–Trinajstić information content (AvgIpc) is 2.02. The molecule has 68 valence electrons. The molecule has 3 unspecified atom stereocenters. The van der Waals surface area contributed by atoms with Gasteiger partial charge in [-0.3, -0.25) is 0 Å². The number of rotatable bonds is 5. The van der Waals surface area contributed by atoms with E-state index >= 15 is 0 Å². The first kappa shape index (κ1) is 11.0. The van der Waals surface area contributed by atoms with Crippen LogP contribution in [0.4, 0.5) is 0 Å². The molecule has 0 heterocycles. The highest BCUT2D eigenvalue weighted by Gasteiger charge is 2.17. The molecule has 0 rings (SSSR count). The molecule has 0 aromatic rings. The molecule has 1 heteroatoms. The number of methoxy groups -OCH3 is 1. The van der Waals surface area contributed by atoms with Gasteiger partial charge in [-0.15, -0.1) is 0 Å². The Hall–Kier alpha value is -0.0400. The molecule has 0 amide bonds. The van der Waals surface area contributed by atoms with Crippen LogP contribution < -0.4 is 0 Å². The second-order valence-electron chi connectivity index (χ2n) is 3.57. The fourth-order valence-corrected chi connectivity index (χ4v) is 1.40. The van der Waals surface area contributed by atoms with Crippen LogP contribution in [-0.2, 0) is 4.74 Å². The van der Waals surface area contributed by atoms with Crippen molar-refractivity contribution in [3.05, 3.63) is 0 Å². The van der Waals surface area contributed by atoms with Crippen molar-refractivity contribution in [1.29, 1.82) is 0 Å². The Balaban J connectivity index is 3.70. The molecule has 0 aromatic carbocycles. The summed E-state index contributed by atoms with van der Waals surface area (Å²) in [5.41, 5.74) is 0. The highest BCUT2D eigenvalue weighted by Crippen LogP contribution is 2.21. The summed E-state index contributed by atoms with van der Waals surface area (Å²) in [5, 5.41) is 0. The zero-order valence-corrected chi connectivity index (χ0v) is 8.55. The maximum absolute atomic E-state index is 5.28. The van der Waals surface area contributed by atoms with Gasteiger partial charge < -0.3 is 4.74 Å². The van der Waals surface area contributed by atoms with E-state index < -0.39 is 0 Å². The summed E-state index contributed by atoms with van der Waals surface area (Å²) >= 11 is 0. The molecular formula is C10H22O. The molecule has 0 aliphatic rings. The largest absolute Gasteiger partial charge is 0.381 e. The van der Waals surface area contributed by atoms with Gasteiger partial charge in [-0.1, -0.05) is 33.6 Å². The molecular weight excluding hydrogens is 136 g/mol. The van der Waals surface area contributed by atoms with Crippen molar-refractivity contribution >= 4 is 0 Å². The monoisotopic (exact) mass is 158 g/mol. The summed E-state index contributed by atoms with van der Waals surface area (Å²) < 4.78 is 5.28. The molecule has 0 saturated carbocycles. The van der Waals surface area contributed by atoms with Crippen LogP contribution in [0, 0.1) is 11.8 Å². The van der Waals surface area contributed by atoms with E-state index in [1.165, 1.54) is 12.8 Å². The molecule has 0 bridgehead atoms. The summed E-state index contributed by atoms with van der Waals surface area (Å²) in [6.07, 6.45) is 2.99. The Bertz CT molecular complexity index is 90.9. The lowest BCUT2D eigenvalue weighted by Crippen LogP contribution is -2.22. The van der Waals surface area contributed by atoms with E-state index in [0.717, 1.165) is 5.92 Å². The van der Waals surface area contributed by atoms with Gasteiger partial charge in [-0.05, 0) is 18.8 Å². The highest BCUT2D eigenvalue weighted by atomic mass is 16.5. The number of ether oxygens (including phenoxy) is 1. The van der Waals surface area contributed by atoms with E-state index in [1.807, 2.05) is 0 Å². The van der Waals surface area contributed by atoms with Crippen LogP contribution in [0.25, 0.3) is 0 Å². The van der Waals surface area contributed by atoms with E-state index in [9.17, 15) is 0 Å². The van der Waals surface area contributed by atoms with Gasteiger partial charge in [0.05, 0.1) is 6.10 Å². The van der Waals surface area contributed by atoms with Gasteiger partial charge in [0.1, 0.15) is 0 Å². The molecule has 0 radical (unpaired) electrons. The molecule has 11 heavy (non-hydrogen) atoms. The predicted molar refractivity (Wildman–Crippen MR) is 49.7 cm³/mol. The van der Waals surface area contributed by atoms with Crippen molar-refractivity contribution in [2.24, 2.45) is 11.8 Å². The van der Waals surface area contributed by atoms with Crippen LogP contribution in [0.1, 0.15) is 40.5 Å². The minimum absolute atomic E-state index is 0.400. The summed E-state index contributed by atoms with van der Waals surface area (Å²) in [6.45, 7) is 8.97. The molecule has 0 saturated heterocycles. The van der Waals surface area contributed by atoms with Crippen molar-refractivity contribution in [2.75, 3.05) is 7.11 Å². The average molecular weight is 158 g/mol. The third-order valence-corrected chi connectivity index (χ3v) is 2.75. The van der Waals surface area contributed by atoms with Crippen molar-refractivity contribution in [2.45, 2.75) is 46.6 Å². The molecule has 0 fully saturated rings. The fraction of sp³-hybridized carbons (Fsp3) is 1.00. The van der Waals surface area contributed by atoms with E-state index in [2.05, 4.69) is 27.7 Å². The van der Waals surface area contributed by atoms with Crippen LogP contribution in [0.2, 0.25) is 0 Å². The third kappa shape index (κ3) is 3.76. The zero-order chi connectivity index (χ0) is 8.85. The van der Waals surface area contributed by atoms with Gasteiger partial charge in [0.15, 0.2) is 0 Å². The minimum Gasteiger partial charge on any atom is -0.381 e. The summed E-state index contributed by atoms with van der Waals surface area (Å²) in [5.74, 6) is 1.47. The third-order valence-electron chi connectivity index (χ3n) is 2.75. The molecule has 0 aliphatic carbocycles. The molecule has 3 atom stereocenters. The minimum atomic E-state index is 0.400. The van der Waals surface area contributed by atoms with Crippen molar-refractivity contribution in [1.82, 2.24) is 0 Å². The normalized spacial score (nSPS) is 19.4. The Kier molecular flexibility index (Phi) is 5.57. The zero-order valence-electron chi connectivity index (χ0n) is 8.55. The van der Waals surface area contributed by atoms with Crippen molar-refractivity contribution in [3.63, 3.8) is 0 Å². The lowest BCUT2D eigenvalue weighted by Gasteiger charge is -2.24. The van der Waals surface area contributed by atoms with Gasteiger partial charge in [0, 0.05) is 7.11 Å². The Morgan fingerprint density at radius 2 is 1.73 bits per heavy atom. The fourth-order valence-electron chi connectivity index (χ4n) is 1.40. The quantitative estimate of drug-likeness (QED) is 0.597. The van der Waals surface area contributed by atoms with Crippen LogP contribution in [0.3, 0.4) is 0 Å². The number of hydrogen-bond donors (Lipinski definition) is 0. The van der Waals surface area contributed by atoms with E-state index in [4.69, 9.17) is 4.74 Å². The molecule has 0 aliphatic heterocycles. The highest BCUT2D eigenvalue weighted by molar-refractivity contribution is 4.67. The summed E-state index contributed by atoms with van der Waals surface area (Å²) in [7, 11) is 1.79. The lowest BCUT2D eigenvalue weighted by atomic mass is 9.88. The van der Waals surface area contributed by atoms with Crippen molar-refractivity contribution in [3.8, 4) is 0 Å². The van der Waals surface area contributed by atoms with Crippen LogP contribution in [0.15, 0.2) is 0 Å². The maximum Gasteiger partial charge on any atom is 0.0571 e. The van der Waals surface area contributed by atoms with Crippen molar-refractivity contribution < 1.29 is 4.74 Å². The first-order chi connectivity index (χ1) is 5.13. The van der Waals surface area contributed by atoms with E-state index in [-0.39, 0.29) is 0 Å². The first-order valence-electron chi connectivity index (χ1n) is 4.66. The van der Waals surface area contributed by atoms with Gasteiger partial charge in [0.25, 0.3) is 0 Å². The van der Waals surface area contributed by atoms with Gasteiger partial charge in [-0.2, -0.15) is 0 Å². The topological polar surface area (TPSA) is 9.23 Å². The Morgan fingerprint density at radius 1 is 1.18 bits per heavy atom. The van der Waals surface area contributed by atoms with Gasteiger partial charge in [0.2, 0.25) is 0 Å². The summed E-state index contributed by atoms with van der Waals surface area (Å²) in [4.78, 5) is 0. The van der Waals surface area contributed by atoms with Gasteiger partial charge in [-0.25, -0.2) is 0 Å². The second kappa shape index (κ2) is 5.59. The van der Waals surface area contributed by atoms with Crippen LogP contribution in [-0.4, -0.2) is 13.2 Å². The smallest absolute Gasteiger partial charge is 0.0571 e. The molecule has 0 aromatic heterocycles. The van der Waals surface area contributed by atoms with Crippen LogP contribution in [0.5, 0.6) is 0 Å². The van der Waals surface area contributed by atoms with E-state index in [1.54, 1.807) is 7.11 Å². The van der Waals surface area contributed by atoms with Gasteiger partial charge >= 0.3 is 0 Å². The Morgan fingerprint density at radius 3 is 2.09 bits per heavy atom.